The van der Waals surface area contributed by atoms with E-state index in [1.807, 2.05) is 13.8 Å². The van der Waals surface area contributed by atoms with Gasteiger partial charge in [0.05, 0.1) is 5.60 Å². The second kappa shape index (κ2) is 4.37. The van der Waals surface area contributed by atoms with Gasteiger partial charge >= 0.3 is 0 Å². The van der Waals surface area contributed by atoms with Gasteiger partial charge in [-0.1, -0.05) is 25.2 Å². The molecule has 0 heterocycles. The van der Waals surface area contributed by atoms with Gasteiger partial charge in [-0.2, -0.15) is 0 Å². The van der Waals surface area contributed by atoms with Crippen LogP contribution in [0.2, 0.25) is 0 Å². The predicted molar refractivity (Wildman–Crippen MR) is 70.2 cm³/mol. The highest BCUT2D eigenvalue weighted by atomic mass is 16.3. The number of hydrogen-bond donors (Lipinski definition) is 1. The molecule has 0 unspecified atom stereocenters. The van der Waals surface area contributed by atoms with Crippen molar-refractivity contribution < 1.29 is 5.11 Å². The largest absolute Gasteiger partial charge is 0.390 e. The first-order valence-electron chi connectivity index (χ1n) is 6.22. The highest BCUT2D eigenvalue weighted by Crippen LogP contribution is 2.49. The second-order valence-electron chi connectivity index (χ2n) is 6.23. The molecule has 0 radical (unpaired) electrons. The summed E-state index contributed by atoms with van der Waals surface area (Å²) < 4.78 is 0. The lowest BCUT2D eigenvalue weighted by atomic mass is 9.60. The molecule has 1 aliphatic carbocycles. The van der Waals surface area contributed by atoms with Gasteiger partial charge in [-0.3, -0.25) is 0 Å². The Morgan fingerprint density at radius 3 is 2.44 bits per heavy atom. The van der Waals surface area contributed by atoms with E-state index in [0.29, 0.717) is 11.8 Å². The van der Waals surface area contributed by atoms with Crippen molar-refractivity contribution in [2.75, 3.05) is 0 Å². The molecule has 1 aliphatic rings. The summed E-state index contributed by atoms with van der Waals surface area (Å²) in [7, 11) is 0. The maximum atomic E-state index is 10.1. The molecule has 0 saturated heterocycles. The molecule has 0 aliphatic heterocycles. The normalized spacial score (nSPS) is 35.8. The summed E-state index contributed by atoms with van der Waals surface area (Å²) in [5.74, 6) is 0.831. The van der Waals surface area contributed by atoms with Crippen molar-refractivity contribution in [3.63, 3.8) is 0 Å². The molecule has 0 amide bonds. The Labute approximate surface area is 100 Å². The van der Waals surface area contributed by atoms with Crippen molar-refractivity contribution in [3.8, 4) is 0 Å². The third-order valence-corrected chi connectivity index (χ3v) is 4.41. The van der Waals surface area contributed by atoms with Crippen LogP contribution in [0.15, 0.2) is 24.8 Å². The van der Waals surface area contributed by atoms with E-state index in [4.69, 9.17) is 0 Å². The van der Waals surface area contributed by atoms with Crippen LogP contribution in [0.5, 0.6) is 0 Å². The van der Waals surface area contributed by atoms with Gasteiger partial charge in [0, 0.05) is 0 Å². The molecule has 1 heteroatoms. The van der Waals surface area contributed by atoms with Gasteiger partial charge in [-0.05, 0) is 57.3 Å². The molecule has 0 bridgehead atoms. The summed E-state index contributed by atoms with van der Waals surface area (Å²) in [6.07, 6.45) is 5.28. The van der Waals surface area contributed by atoms with E-state index >= 15 is 0 Å². The lowest BCUT2D eigenvalue weighted by Gasteiger charge is -2.46. The minimum absolute atomic E-state index is 0.160. The summed E-state index contributed by atoms with van der Waals surface area (Å²) >= 11 is 0. The van der Waals surface area contributed by atoms with Gasteiger partial charge in [-0.25, -0.2) is 0 Å². The highest BCUT2D eigenvalue weighted by Gasteiger charge is 2.42. The SMILES string of the molecule is C=C[C@]1(C)CC[C@H](C(C)(C)O)C[C@H]1C(=C)C. The van der Waals surface area contributed by atoms with E-state index in [0.717, 1.165) is 19.3 Å². The fourth-order valence-corrected chi connectivity index (χ4v) is 2.98. The van der Waals surface area contributed by atoms with E-state index in [9.17, 15) is 5.11 Å². The molecule has 1 fully saturated rings. The fourth-order valence-electron chi connectivity index (χ4n) is 2.98. The van der Waals surface area contributed by atoms with Gasteiger partial charge in [-0.15, -0.1) is 6.58 Å². The molecule has 0 aromatic rings. The minimum atomic E-state index is -0.573. The Hall–Kier alpha value is -0.560. The molecule has 1 rings (SSSR count). The molecular formula is C15H26O. The van der Waals surface area contributed by atoms with Crippen LogP contribution in [0.1, 0.15) is 47.0 Å². The number of allylic oxidation sites excluding steroid dienone is 2. The summed E-state index contributed by atoms with van der Waals surface area (Å²) in [6.45, 7) is 16.3. The monoisotopic (exact) mass is 222 g/mol. The Bertz CT molecular complexity index is 284. The Morgan fingerprint density at radius 1 is 1.50 bits per heavy atom. The van der Waals surface area contributed by atoms with E-state index < -0.39 is 5.60 Å². The summed E-state index contributed by atoms with van der Waals surface area (Å²) in [5, 5.41) is 10.1. The Balaban J connectivity index is 2.90. The van der Waals surface area contributed by atoms with Gasteiger partial charge < -0.3 is 5.11 Å². The third-order valence-electron chi connectivity index (χ3n) is 4.41. The van der Waals surface area contributed by atoms with Crippen molar-refractivity contribution in [3.05, 3.63) is 24.8 Å². The molecule has 1 nitrogen and oxygen atoms in total. The van der Waals surface area contributed by atoms with Gasteiger partial charge in [0.2, 0.25) is 0 Å². The van der Waals surface area contributed by atoms with Crippen molar-refractivity contribution in [2.24, 2.45) is 17.3 Å². The number of hydrogen-bond acceptors (Lipinski definition) is 1. The quantitative estimate of drug-likeness (QED) is 0.717. The van der Waals surface area contributed by atoms with E-state index in [-0.39, 0.29) is 5.41 Å². The molecule has 0 aromatic carbocycles. The van der Waals surface area contributed by atoms with E-state index in [2.05, 4.69) is 33.1 Å². The van der Waals surface area contributed by atoms with E-state index in [1.54, 1.807) is 0 Å². The van der Waals surface area contributed by atoms with Crippen LogP contribution >= 0.6 is 0 Å². The fraction of sp³-hybridized carbons (Fsp3) is 0.733. The van der Waals surface area contributed by atoms with Crippen molar-refractivity contribution in [1.82, 2.24) is 0 Å². The second-order valence-corrected chi connectivity index (χ2v) is 6.23. The zero-order valence-electron chi connectivity index (χ0n) is 11.2. The minimum Gasteiger partial charge on any atom is -0.390 e. The van der Waals surface area contributed by atoms with Crippen LogP contribution in [0.4, 0.5) is 0 Å². The molecular weight excluding hydrogens is 196 g/mol. The average Bonchev–Trinajstić information content (AvgIpc) is 2.16. The Morgan fingerprint density at radius 2 is 2.06 bits per heavy atom. The van der Waals surface area contributed by atoms with Crippen LogP contribution < -0.4 is 0 Å². The number of rotatable bonds is 3. The standard InChI is InChI=1S/C15H26O/c1-7-15(6)9-8-12(14(4,5)16)10-13(15)11(2)3/h7,12-13,16H,1-2,8-10H2,3-6H3/t12-,13-,15+/m0/s1. The summed E-state index contributed by atoms with van der Waals surface area (Å²) in [5.41, 5.74) is 0.806. The summed E-state index contributed by atoms with van der Waals surface area (Å²) in [6, 6.07) is 0. The van der Waals surface area contributed by atoms with Gasteiger partial charge in [0.25, 0.3) is 0 Å². The lowest BCUT2D eigenvalue weighted by Crippen LogP contribution is -2.41. The first-order chi connectivity index (χ1) is 7.20. The maximum Gasteiger partial charge on any atom is 0.0620 e. The first kappa shape index (κ1) is 13.5. The van der Waals surface area contributed by atoms with Gasteiger partial charge in [0.15, 0.2) is 0 Å². The zero-order chi connectivity index (χ0) is 12.6. The Kier molecular flexibility index (Phi) is 3.69. The lowest BCUT2D eigenvalue weighted by molar-refractivity contribution is -0.0244. The first-order valence-corrected chi connectivity index (χ1v) is 6.22. The van der Waals surface area contributed by atoms with Crippen LogP contribution in [-0.4, -0.2) is 10.7 Å². The summed E-state index contributed by atoms with van der Waals surface area (Å²) in [4.78, 5) is 0. The molecule has 92 valence electrons. The molecule has 1 saturated carbocycles. The van der Waals surface area contributed by atoms with Crippen LogP contribution in [0.25, 0.3) is 0 Å². The van der Waals surface area contributed by atoms with Crippen LogP contribution in [0, 0.1) is 17.3 Å². The third kappa shape index (κ3) is 2.57. The van der Waals surface area contributed by atoms with Crippen molar-refractivity contribution >= 4 is 0 Å². The molecule has 0 aromatic heterocycles. The number of aliphatic hydroxyl groups is 1. The van der Waals surface area contributed by atoms with Gasteiger partial charge in [0.1, 0.15) is 0 Å². The zero-order valence-corrected chi connectivity index (χ0v) is 11.2. The molecule has 16 heavy (non-hydrogen) atoms. The van der Waals surface area contributed by atoms with Crippen LogP contribution in [-0.2, 0) is 0 Å². The molecule has 0 spiro atoms. The maximum absolute atomic E-state index is 10.1. The van der Waals surface area contributed by atoms with Crippen molar-refractivity contribution in [1.29, 1.82) is 0 Å². The topological polar surface area (TPSA) is 20.2 Å². The molecule has 1 N–H and O–H groups in total. The molecule has 3 atom stereocenters. The van der Waals surface area contributed by atoms with Crippen molar-refractivity contribution in [2.45, 2.75) is 52.6 Å². The van der Waals surface area contributed by atoms with E-state index in [1.165, 1.54) is 5.57 Å². The predicted octanol–water partition coefficient (Wildman–Crippen LogP) is 3.94. The average molecular weight is 222 g/mol. The van der Waals surface area contributed by atoms with Crippen LogP contribution in [0.3, 0.4) is 0 Å². The highest BCUT2D eigenvalue weighted by molar-refractivity contribution is 5.12. The smallest absolute Gasteiger partial charge is 0.0620 e.